The lowest BCUT2D eigenvalue weighted by molar-refractivity contribution is -0.0122. The van der Waals surface area contributed by atoms with Crippen LogP contribution in [0.2, 0.25) is 0 Å². The predicted molar refractivity (Wildman–Crippen MR) is 63.6 cm³/mol. The highest BCUT2D eigenvalue weighted by atomic mass is 16.5. The van der Waals surface area contributed by atoms with E-state index in [1.165, 1.54) is 0 Å². The SMILES string of the molecule is CCCOCCN1CCC(OCCO)CC1. The van der Waals surface area contributed by atoms with Gasteiger partial charge in [0.15, 0.2) is 0 Å². The smallest absolute Gasteiger partial charge is 0.0701 e. The van der Waals surface area contributed by atoms with E-state index in [2.05, 4.69) is 11.8 Å². The van der Waals surface area contributed by atoms with E-state index in [-0.39, 0.29) is 6.61 Å². The van der Waals surface area contributed by atoms with Crippen molar-refractivity contribution in [2.24, 2.45) is 0 Å². The Labute approximate surface area is 98.5 Å². The van der Waals surface area contributed by atoms with E-state index < -0.39 is 0 Å². The number of piperidine rings is 1. The summed E-state index contributed by atoms with van der Waals surface area (Å²) in [7, 11) is 0. The fraction of sp³-hybridized carbons (Fsp3) is 1.00. The van der Waals surface area contributed by atoms with Gasteiger partial charge in [-0.25, -0.2) is 0 Å². The topological polar surface area (TPSA) is 41.9 Å². The summed E-state index contributed by atoms with van der Waals surface area (Å²) in [5, 5.41) is 8.66. The van der Waals surface area contributed by atoms with Gasteiger partial charge in [0.2, 0.25) is 0 Å². The van der Waals surface area contributed by atoms with Gasteiger partial charge in [0, 0.05) is 26.2 Å². The van der Waals surface area contributed by atoms with Crippen LogP contribution >= 0.6 is 0 Å². The van der Waals surface area contributed by atoms with Crippen molar-refractivity contribution in [1.29, 1.82) is 0 Å². The van der Waals surface area contributed by atoms with Crippen molar-refractivity contribution in [1.82, 2.24) is 4.90 Å². The highest BCUT2D eigenvalue weighted by Crippen LogP contribution is 2.13. The number of ether oxygens (including phenoxy) is 2. The lowest BCUT2D eigenvalue weighted by Crippen LogP contribution is -2.39. The molecule has 1 heterocycles. The van der Waals surface area contributed by atoms with Gasteiger partial charge in [-0.1, -0.05) is 6.92 Å². The Morgan fingerprint density at radius 1 is 1.19 bits per heavy atom. The molecule has 0 aromatic heterocycles. The molecule has 4 nitrogen and oxygen atoms in total. The maximum atomic E-state index is 8.66. The third-order valence-electron chi connectivity index (χ3n) is 2.88. The molecule has 1 aliphatic heterocycles. The Balaban J connectivity index is 1.98. The van der Waals surface area contributed by atoms with Crippen LogP contribution in [-0.2, 0) is 9.47 Å². The molecule has 1 aliphatic rings. The summed E-state index contributed by atoms with van der Waals surface area (Å²) >= 11 is 0. The molecule has 0 aromatic carbocycles. The minimum Gasteiger partial charge on any atom is -0.394 e. The molecule has 0 aliphatic carbocycles. The van der Waals surface area contributed by atoms with Crippen molar-refractivity contribution in [3.63, 3.8) is 0 Å². The van der Waals surface area contributed by atoms with E-state index in [9.17, 15) is 0 Å². The summed E-state index contributed by atoms with van der Waals surface area (Å²) < 4.78 is 11.0. The first kappa shape index (κ1) is 13.9. The zero-order valence-corrected chi connectivity index (χ0v) is 10.4. The van der Waals surface area contributed by atoms with Gasteiger partial charge in [-0.15, -0.1) is 0 Å². The van der Waals surface area contributed by atoms with E-state index in [0.717, 1.165) is 52.1 Å². The predicted octanol–water partition coefficient (Wildman–Crippen LogP) is 0.886. The standard InChI is InChI=1S/C12H25NO3/c1-2-9-15-10-7-13-5-3-12(4-6-13)16-11-8-14/h12,14H,2-11H2,1H3. The van der Waals surface area contributed by atoms with Crippen LogP contribution < -0.4 is 0 Å². The van der Waals surface area contributed by atoms with Crippen LogP contribution in [-0.4, -0.2) is 62.2 Å². The fourth-order valence-electron chi connectivity index (χ4n) is 1.96. The van der Waals surface area contributed by atoms with Crippen LogP contribution in [0.15, 0.2) is 0 Å². The first-order valence-corrected chi connectivity index (χ1v) is 6.39. The molecule has 4 heteroatoms. The number of aliphatic hydroxyl groups excluding tert-OH is 1. The van der Waals surface area contributed by atoms with Crippen LogP contribution in [0.25, 0.3) is 0 Å². The average Bonchev–Trinajstić information content (AvgIpc) is 2.33. The average molecular weight is 231 g/mol. The van der Waals surface area contributed by atoms with Crippen molar-refractivity contribution in [3.8, 4) is 0 Å². The zero-order chi connectivity index (χ0) is 11.6. The summed E-state index contributed by atoms with van der Waals surface area (Å²) in [6.45, 7) is 7.66. The molecule has 0 atom stereocenters. The van der Waals surface area contributed by atoms with Gasteiger partial charge < -0.3 is 19.5 Å². The number of hydrogen-bond donors (Lipinski definition) is 1. The van der Waals surface area contributed by atoms with Crippen LogP contribution in [0, 0.1) is 0 Å². The Hall–Kier alpha value is -0.160. The number of rotatable bonds is 8. The molecule has 1 N–H and O–H groups in total. The van der Waals surface area contributed by atoms with Gasteiger partial charge in [-0.05, 0) is 19.3 Å². The maximum Gasteiger partial charge on any atom is 0.0701 e. The summed E-state index contributed by atoms with van der Waals surface area (Å²) in [4.78, 5) is 2.43. The summed E-state index contributed by atoms with van der Waals surface area (Å²) in [6.07, 6.45) is 3.60. The highest BCUT2D eigenvalue weighted by molar-refractivity contribution is 4.72. The van der Waals surface area contributed by atoms with Crippen LogP contribution in [0.3, 0.4) is 0 Å². The van der Waals surface area contributed by atoms with E-state index >= 15 is 0 Å². The molecule has 0 amide bonds. The molecule has 0 unspecified atom stereocenters. The second-order valence-corrected chi connectivity index (χ2v) is 4.25. The lowest BCUT2D eigenvalue weighted by atomic mass is 10.1. The van der Waals surface area contributed by atoms with Crippen LogP contribution in [0.4, 0.5) is 0 Å². The van der Waals surface area contributed by atoms with Gasteiger partial charge >= 0.3 is 0 Å². The normalized spacial score (nSPS) is 19.1. The molecule has 0 bridgehead atoms. The second kappa shape index (κ2) is 8.93. The molecule has 0 spiro atoms. The molecular formula is C12H25NO3. The van der Waals surface area contributed by atoms with E-state index in [1.54, 1.807) is 0 Å². The van der Waals surface area contributed by atoms with Crippen molar-refractivity contribution in [2.45, 2.75) is 32.3 Å². The van der Waals surface area contributed by atoms with Gasteiger partial charge in [0.05, 0.1) is 25.9 Å². The van der Waals surface area contributed by atoms with E-state index in [1.807, 2.05) is 0 Å². The third kappa shape index (κ3) is 5.80. The van der Waals surface area contributed by atoms with E-state index in [0.29, 0.717) is 12.7 Å². The lowest BCUT2D eigenvalue weighted by Gasteiger charge is -2.31. The zero-order valence-electron chi connectivity index (χ0n) is 10.4. The molecule has 16 heavy (non-hydrogen) atoms. The molecule has 0 radical (unpaired) electrons. The number of hydrogen-bond acceptors (Lipinski definition) is 4. The van der Waals surface area contributed by atoms with Crippen molar-refractivity contribution >= 4 is 0 Å². The van der Waals surface area contributed by atoms with Crippen LogP contribution in [0.5, 0.6) is 0 Å². The van der Waals surface area contributed by atoms with Crippen molar-refractivity contribution in [3.05, 3.63) is 0 Å². The molecule has 1 rings (SSSR count). The molecule has 0 saturated carbocycles. The second-order valence-electron chi connectivity index (χ2n) is 4.25. The minimum absolute atomic E-state index is 0.130. The highest BCUT2D eigenvalue weighted by Gasteiger charge is 2.18. The first-order valence-electron chi connectivity index (χ1n) is 6.39. The molecule has 1 fully saturated rings. The number of aliphatic hydroxyl groups is 1. The van der Waals surface area contributed by atoms with Crippen molar-refractivity contribution < 1.29 is 14.6 Å². The van der Waals surface area contributed by atoms with Gasteiger partial charge in [0.1, 0.15) is 0 Å². The molecule has 96 valence electrons. The molecule has 1 saturated heterocycles. The number of likely N-dealkylation sites (tertiary alicyclic amines) is 1. The Bertz CT molecular complexity index is 158. The Morgan fingerprint density at radius 2 is 1.94 bits per heavy atom. The summed E-state index contributed by atoms with van der Waals surface area (Å²) in [5.41, 5.74) is 0. The number of nitrogens with zero attached hydrogens (tertiary/aromatic N) is 1. The van der Waals surface area contributed by atoms with E-state index in [4.69, 9.17) is 14.6 Å². The van der Waals surface area contributed by atoms with Gasteiger partial charge in [0.25, 0.3) is 0 Å². The first-order chi connectivity index (χ1) is 7.86. The largest absolute Gasteiger partial charge is 0.394 e. The quantitative estimate of drug-likeness (QED) is 0.630. The van der Waals surface area contributed by atoms with Crippen molar-refractivity contribution in [2.75, 3.05) is 46.1 Å². The Kier molecular flexibility index (Phi) is 7.76. The monoisotopic (exact) mass is 231 g/mol. The summed E-state index contributed by atoms with van der Waals surface area (Å²) in [6, 6.07) is 0. The van der Waals surface area contributed by atoms with Gasteiger partial charge in [-0.3, -0.25) is 0 Å². The Morgan fingerprint density at radius 3 is 2.56 bits per heavy atom. The third-order valence-corrected chi connectivity index (χ3v) is 2.88. The molecular weight excluding hydrogens is 206 g/mol. The fourth-order valence-corrected chi connectivity index (χ4v) is 1.96. The minimum atomic E-state index is 0.130. The summed E-state index contributed by atoms with van der Waals surface area (Å²) in [5.74, 6) is 0. The van der Waals surface area contributed by atoms with Gasteiger partial charge in [-0.2, -0.15) is 0 Å². The maximum absolute atomic E-state index is 8.66. The van der Waals surface area contributed by atoms with Crippen LogP contribution in [0.1, 0.15) is 26.2 Å². The molecule has 0 aromatic rings.